The molecule has 0 saturated heterocycles. The lowest BCUT2D eigenvalue weighted by Crippen LogP contribution is -2.10. The molecule has 0 amide bonds. The molecule has 1 aliphatic rings. The van der Waals surface area contributed by atoms with Crippen molar-refractivity contribution in [2.24, 2.45) is 5.41 Å². The minimum atomic E-state index is -0.920. The third-order valence-electron chi connectivity index (χ3n) is 1.60. The molecule has 3 heteroatoms. The number of carboxylic acid groups (broad SMARTS) is 1. The molecule has 0 spiro atoms. The van der Waals surface area contributed by atoms with Crippen LogP contribution in [0.5, 0.6) is 0 Å². The molecule has 0 radical (unpaired) electrons. The molecule has 50 valence electrons. The van der Waals surface area contributed by atoms with Crippen LogP contribution in [0.2, 0.25) is 0 Å². The Morgan fingerprint density at radius 2 is 2.22 bits per heavy atom. The fourth-order valence-corrected chi connectivity index (χ4v) is 0.707. The monoisotopic (exact) mass is 130 g/mol. The highest BCUT2D eigenvalue weighted by Gasteiger charge is 2.47. The molecule has 0 aromatic carbocycles. The predicted molar refractivity (Wildman–Crippen MR) is 29.6 cm³/mol. The molecule has 0 aliphatic heterocycles. The Morgan fingerprint density at radius 1 is 1.67 bits per heavy atom. The van der Waals surface area contributed by atoms with Crippen molar-refractivity contribution < 1.29 is 14.3 Å². The van der Waals surface area contributed by atoms with Crippen LogP contribution in [0.4, 0.5) is 4.39 Å². The Hall–Kier alpha value is -0.860. The van der Waals surface area contributed by atoms with Crippen molar-refractivity contribution in [1.29, 1.82) is 0 Å². The van der Waals surface area contributed by atoms with Gasteiger partial charge in [-0.1, -0.05) is 0 Å². The minimum absolute atomic E-state index is 0.307. The molecular weight excluding hydrogens is 123 g/mol. The maximum Gasteiger partial charge on any atom is 0.313 e. The van der Waals surface area contributed by atoms with E-state index in [4.69, 9.17) is 5.11 Å². The van der Waals surface area contributed by atoms with Crippen LogP contribution in [-0.4, -0.2) is 11.1 Å². The summed E-state index contributed by atoms with van der Waals surface area (Å²) in [6, 6.07) is 0. The number of carboxylic acids is 1. The zero-order valence-corrected chi connectivity index (χ0v) is 4.80. The van der Waals surface area contributed by atoms with Crippen molar-refractivity contribution >= 4 is 5.97 Å². The van der Waals surface area contributed by atoms with Gasteiger partial charge in [0.15, 0.2) is 0 Å². The van der Waals surface area contributed by atoms with Crippen molar-refractivity contribution in [3.05, 3.63) is 12.4 Å². The smallest absolute Gasteiger partial charge is 0.313 e. The lowest BCUT2D eigenvalue weighted by atomic mass is 10.1. The quantitative estimate of drug-likeness (QED) is 0.612. The van der Waals surface area contributed by atoms with Gasteiger partial charge in [-0.25, -0.2) is 4.39 Å². The van der Waals surface area contributed by atoms with Crippen LogP contribution in [0.3, 0.4) is 0 Å². The highest BCUT2D eigenvalue weighted by atomic mass is 19.1. The third kappa shape index (κ3) is 0.943. The van der Waals surface area contributed by atoms with Gasteiger partial charge in [0.05, 0.1) is 11.7 Å². The number of carbonyl (C=O) groups is 1. The lowest BCUT2D eigenvalue weighted by Gasteiger charge is -1.97. The zero-order chi connectivity index (χ0) is 6.91. The SMILES string of the molecule is O=C(O)C1(C=CF)CC1. The first-order valence-corrected chi connectivity index (χ1v) is 2.73. The Morgan fingerprint density at radius 3 is 2.33 bits per heavy atom. The second kappa shape index (κ2) is 1.83. The van der Waals surface area contributed by atoms with Crippen LogP contribution < -0.4 is 0 Å². The number of hydrogen-bond acceptors (Lipinski definition) is 1. The highest BCUT2D eigenvalue weighted by molar-refractivity contribution is 5.80. The molecule has 9 heavy (non-hydrogen) atoms. The Kier molecular flexibility index (Phi) is 1.27. The summed E-state index contributed by atoms with van der Waals surface area (Å²) in [5, 5.41) is 8.42. The predicted octanol–water partition coefficient (Wildman–Crippen LogP) is 1.33. The van der Waals surface area contributed by atoms with Gasteiger partial charge in [-0.2, -0.15) is 0 Å². The summed E-state index contributed by atoms with van der Waals surface area (Å²) in [7, 11) is 0. The second-order valence-electron chi connectivity index (χ2n) is 2.25. The number of hydrogen-bond donors (Lipinski definition) is 1. The third-order valence-corrected chi connectivity index (χ3v) is 1.60. The molecule has 2 nitrogen and oxygen atoms in total. The molecule has 1 saturated carbocycles. The zero-order valence-electron chi connectivity index (χ0n) is 4.80. The lowest BCUT2D eigenvalue weighted by molar-refractivity contribution is -0.141. The van der Waals surface area contributed by atoms with E-state index in [1.54, 1.807) is 0 Å². The molecule has 0 aromatic rings. The summed E-state index contributed by atoms with van der Waals surface area (Å²) in [5.74, 6) is -0.920. The normalized spacial score (nSPS) is 22.3. The van der Waals surface area contributed by atoms with Gasteiger partial charge in [0.1, 0.15) is 0 Å². The standard InChI is InChI=1S/C6H7FO2/c7-4-3-6(1-2-6)5(8)9/h3-4H,1-2H2,(H,8,9). The van der Waals surface area contributed by atoms with E-state index in [-0.39, 0.29) is 0 Å². The van der Waals surface area contributed by atoms with Crippen molar-refractivity contribution in [3.8, 4) is 0 Å². The highest BCUT2D eigenvalue weighted by Crippen LogP contribution is 2.47. The van der Waals surface area contributed by atoms with Crippen LogP contribution in [0.25, 0.3) is 0 Å². The average molecular weight is 130 g/mol. The molecule has 0 unspecified atom stereocenters. The van der Waals surface area contributed by atoms with E-state index in [1.165, 1.54) is 0 Å². The van der Waals surface area contributed by atoms with Gasteiger partial charge < -0.3 is 5.11 Å². The van der Waals surface area contributed by atoms with Crippen molar-refractivity contribution in [2.75, 3.05) is 0 Å². The van der Waals surface area contributed by atoms with E-state index < -0.39 is 11.4 Å². The molecule has 0 bridgehead atoms. The number of rotatable bonds is 2. The van der Waals surface area contributed by atoms with E-state index in [1.807, 2.05) is 0 Å². The molecule has 0 heterocycles. The van der Waals surface area contributed by atoms with Crippen LogP contribution in [0.15, 0.2) is 12.4 Å². The fourth-order valence-electron chi connectivity index (χ4n) is 0.707. The van der Waals surface area contributed by atoms with E-state index in [0.717, 1.165) is 6.08 Å². The maximum atomic E-state index is 11.4. The summed E-state index contributed by atoms with van der Waals surface area (Å²) in [4.78, 5) is 10.3. The Labute approximate surface area is 52.0 Å². The first-order chi connectivity index (χ1) is 4.21. The minimum Gasteiger partial charge on any atom is -0.481 e. The van der Waals surface area contributed by atoms with Crippen LogP contribution in [0, 0.1) is 5.41 Å². The van der Waals surface area contributed by atoms with Crippen LogP contribution in [0.1, 0.15) is 12.8 Å². The largest absolute Gasteiger partial charge is 0.481 e. The van der Waals surface area contributed by atoms with Gasteiger partial charge in [-0.3, -0.25) is 4.79 Å². The second-order valence-corrected chi connectivity index (χ2v) is 2.25. The van der Waals surface area contributed by atoms with Gasteiger partial charge in [-0.15, -0.1) is 0 Å². The average Bonchev–Trinajstić information content (AvgIpc) is 2.49. The summed E-state index contributed by atoms with van der Waals surface area (Å²) in [6.07, 6.45) is 2.56. The van der Waals surface area contributed by atoms with E-state index in [0.29, 0.717) is 19.2 Å². The van der Waals surface area contributed by atoms with Crippen molar-refractivity contribution in [2.45, 2.75) is 12.8 Å². The van der Waals surface area contributed by atoms with Gasteiger partial charge >= 0.3 is 5.97 Å². The molecule has 1 N–H and O–H groups in total. The summed E-state index contributed by atoms with van der Waals surface area (Å²) >= 11 is 0. The molecule has 1 aliphatic carbocycles. The topological polar surface area (TPSA) is 37.3 Å². The maximum absolute atomic E-state index is 11.4. The first kappa shape index (κ1) is 6.26. The fraction of sp³-hybridized carbons (Fsp3) is 0.500. The summed E-state index contributed by atoms with van der Waals surface area (Å²) < 4.78 is 11.4. The molecule has 0 atom stereocenters. The van der Waals surface area contributed by atoms with Crippen molar-refractivity contribution in [1.82, 2.24) is 0 Å². The number of aliphatic carboxylic acids is 1. The van der Waals surface area contributed by atoms with Crippen molar-refractivity contribution in [3.63, 3.8) is 0 Å². The van der Waals surface area contributed by atoms with Gasteiger partial charge in [-0.05, 0) is 18.9 Å². The Bertz CT molecular complexity index is 158. The van der Waals surface area contributed by atoms with E-state index in [2.05, 4.69) is 0 Å². The van der Waals surface area contributed by atoms with E-state index >= 15 is 0 Å². The van der Waals surface area contributed by atoms with Gasteiger partial charge in [0, 0.05) is 0 Å². The first-order valence-electron chi connectivity index (χ1n) is 2.73. The molecule has 1 rings (SSSR count). The molecular formula is C6H7FO2. The van der Waals surface area contributed by atoms with E-state index in [9.17, 15) is 9.18 Å². The Balaban J connectivity index is 2.63. The van der Waals surface area contributed by atoms with Gasteiger partial charge in [0.2, 0.25) is 0 Å². The molecule has 1 fully saturated rings. The molecule has 0 aromatic heterocycles. The van der Waals surface area contributed by atoms with Crippen LogP contribution in [-0.2, 0) is 4.79 Å². The summed E-state index contributed by atoms with van der Waals surface area (Å²) in [5.41, 5.74) is -0.839. The number of halogens is 1. The van der Waals surface area contributed by atoms with Gasteiger partial charge in [0.25, 0.3) is 0 Å². The summed E-state index contributed by atoms with van der Waals surface area (Å²) in [6.45, 7) is 0. The van der Waals surface area contributed by atoms with Crippen LogP contribution >= 0.6 is 0 Å².